The topological polar surface area (TPSA) is 0 Å². The molecule has 0 aliphatic carbocycles. The van der Waals surface area contributed by atoms with Crippen LogP contribution in [0.3, 0.4) is 0 Å². The van der Waals surface area contributed by atoms with E-state index in [2.05, 4.69) is 12.6 Å². The molecule has 0 aromatic rings. The quantitative estimate of drug-likeness (QED) is 0.324. The minimum Gasteiger partial charge on any atom is -0.0922 e. The van der Waals surface area contributed by atoms with Gasteiger partial charge in [-0.1, -0.05) is 12.6 Å². The number of thiol groups is 1. The molecule has 22 valence electrons. The maximum atomic E-state index is 4.89. The highest BCUT2D eigenvalue weighted by molar-refractivity contribution is 7.84. The maximum absolute atomic E-state index is 4.89. The van der Waals surface area contributed by atoms with Crippen molar-refractivity contribution in [1.82, 2.24) is 0 Å². The molecule has 0 rings (SSSR count). The molecule has 0 bridgehead atoms. The number of allylic oxidation sites excluding steroid dienone is 1. The van der Waals surface area contributed by atoms with Gasteiger partial charge in [-0.15, -0.1) is 0 Å². The van der Waals surface area contributed by atoms with E-state index in [0.717, 1.165) is 0 Å². The lowest BCUT2D eigenvalue weighted by Gasteiger charge is -1.47. The molecule has 0 saturated heterocycles. The summed E-state index contributed by atoms with van der Waals surface area (Å²) in [6.45, 7) is 6.62. The highest BCUT2D eigenvalue weighted by Crippen LogP contribution is 1.85. The van der Waals surface area contributed by atoms with E-state index in [4.69, 9.17) is 6.58 Å². The van der Waals surface area contributed by atoms with Gasteiger partial charge < -0.3 is 0 Å². The van der Waals surface area contributed by atoms with Crippen molar-refractivity contribution < 1.29 is 0 Å². The summed E-state index contributed by atoms with van der Waals surface area (Å²) >= 11 is 3.66. The molecule has 0 aromatic carbocycles. The zero-order chi connectivity index (χ0) is 3.58. The van der Waals surface area contributed by atoms with Crippen molar-refractivity contribution in [2.45, 2.75) is 6.92 Å². The van der Waals surface area contributed by atoms with Gasteiger partial charge in [0.1, 0.15) is 0 Å². The van der Waals surface area contributed by atoms with Crippen LogP contribution in [0.5, 0.6) is 0 Å². The summed E-state index contributed by atoms with van der Waals surface area (Å²) in [7, 11) is 0. The van der Waals surface area contributed by atoms with E-state index in [1.807, 2.05) is 0 Å². The first kappa shape index (κ1) is 4.00. The number of rotatable bonds is 0. The molecule has 0 amide bonds. The lowest BCUT2D eigenvalue weighted by molar-refractivity contribution is 1.73. The zero-order valence-corrected chi connectivity index (χ0v) is 3.42. The van der Waals surface area contributed by atoms with Gasteiger partial charge in [0.2, 0.25) is 11.5 Å². The molecular formula is C3H5S+. The van der Waals surface area contributed by atoms with Gasteiger partial charge in [0.05, 0.1) is 0 Å². The predicted octanol–water partition coefficient (Wildman–Crippen LogP) is 1.25. The Morgan fingerprint density at radius 1 is 2.00 bits per heavy atom. The molecule has 0 atom stereocenters. The number of hydrogen-bond acceptors (Lipinski definition) is 1. The molecule has 1 heteroatoms. The molecule has 4 heavy (non-hydrogen) atoms. The first-order valence-electron chi connectivity index (χ1n) is 1.01. The summed E-state index contributed by atoms with van der Waals surface area (Å²) in [5, 5.41) is 0. The summed E-state index contributed by atoms with van der Waals surface area (Å²) < 4.78 is 0. The lowest BCUT2D eigenvalue weighted by atomic mass is 10.8. The van der Waals surface area contributed by atoms with Crippen LogP contribution >= 0.6 is 12.6 Å². The van der Waals surface area contributed by atoms with Gasteiger partial charge in [0.15, 0.2) is 0 Å². The molecule has 0 fully saturated rings. The fourth-order valence-electron chi connectivity index (χ4n) is 0. The van der Waals surface area contributed by atoms with Gasteiger partial charge in [0, 0.05) is 6.92 Å². The van der Waals surface area contributed by atoms with Crippen LogP contribution < -0.4 is 0 Å². The van der Waals surface area contributed by atoms with Gasteiger partial charge in [-0.2, -0.15) is 0 Å². The van der Waals surface area contributed by atoms with Crippen LogP contribution in [0, 0.1) is 6.58 Å². The van der Waals surface area contributed by atoms with Crippen molar-refractivity contribution >= 4 is 12.6 Å². The smallest absolute Gasteiger partial charge is 0.0922 e. The lowest BCUT2D eigenvalue weighted by Crippen LogP contribution is -1.36. The second-order valence-electron chi connectivity index (χ2n) is 0.641. The second kappa shape index (κ2) is 1.33. The van der Waals surface area contributed by atoms with Crippen LogP contribution in [0.1, 0.15) is 6.92 Å². The largest absolute Gasteiger partial charge is 0.216 e. The van der Waals surface area contributed by atoms with Crippen molar-refractivity contribution in [3.8, 4) is 0 Å². The Kier molecular flexibility index (Phi) is 1.33. The van der Waals surface area contributed by atoms with Gasteiger partial charge in [-0.05, 0) is 0 Å². The molecule has 0 spiro atoms. The average molecular weight is 73.1 g/mol. The Morgan fingerprint density at radius 2 is 2.00 bits per heavy atom. The highest BCUT2D eigenvalue weighted by atomic mass is 32.1. The van der Waals surface area contributed by atoms with Crippen LogP contribution in [0.4, 0.5) is 0 Å². The highest BCUT2D eigenvalue weighted by Gasteiger charge is 1.70. The second-order valence-corrected chi connectivity index (χ2v) is 1.35. The summed E-state index contributed by atoms with van der Waals surface area (Å²) in [4.78, 5) is 0.611. The van der Waals surface area contributed by atoms with Crippen LogP contribution in [0.25, 0.3) is 0 Å². The SMILES string of the molecule is [CH+]=C(C)S. The molecule has 0 aliphatic heterocycles. The van der Waals surface area contributed by atoms with E-state index in [-0.39, 0.29) is 0 Å². The third-order valence-corrected chi connectivity index (χ3v) is 0. The summed E-state index contributed by atoms with van der Waals surface area (Å²) in [6, 6.07) is 0. The normalized spacial score (nSPS) is 6.25. The Labute approximate surface area is 31.9 Å². The molecule has 0 aromatic heterocycles. The van der Waals surface area contributed by atoms with Crippen LogP contribution in [-0.2, 0) is 0 Å². The summed E-state index contributed by atoms with van der Waals surface area (Å²) in [5.41, 5.74) is 0. The fourth-order valence-corrected chi connectivity index (χ4v) is 0. The first-order valence-corrected chi connectivity index (χ1v) is 1.46. The van der Waals surface area contributed by atoms with Crippen molar-refractivity contribution in [1.29, 1.82) is 0 Å². The average Bonchev–Trinajstić information content (AvgIpc) is 0.811. The van der Waals surface area contributed by atoms with E-state index in [1.165, 1.54) is 0 Å². The summed E-state index contributed by atoms with van der Waals surface area (Å²) in [6.07, 6.45) is 0. The molecule has 0 heterocycles. The third kappa shape index (κ3) is 0. The van der Waals surface area contributed by atoms with Crippen molar-refractivity contribution in [3.05, 3.63) is 11.5 Å². The fraction of sp³-hybridized carbons (Fsp3) is 0.333. The van der Waals surface area contributed by atoms with Gasteiger partial charge >= 0.3 is 0 Å². The van der Waals surface area contributed by atoms with E-state index < -0.39 is 0 Å². The van der Waals surface area contributed by atoms with E-state index in [0.29, 0.717) is 4.91 Å². The zero-order valence-electron chi connectivity index (χ0n) is 2.52. The maximum Gasteiger partial charge on any atom is 0.216 e. The molecule has 0 N–H and O–H groups in total. The molecular weight excluding hydrogens is 68.1 g/mol. The first-order chi connectivity index (χ1) is 1.73. The number of hydrogen-bond donors (Lipinski definition) is 1. The van der Waals surface area contributed by atoms with Crippen LogP contribution in [0.15, 0.2) is 4.91 Å². The van der Waals surface area contributed by atoms with Crippen molar-refractivity contribution in [2.24, 2.45) is 0 Å². The molecule has 0 saturated carbocycles. The Hall–Kier alpha value is 0. The Morgan fingerprint density at radius 3 is 2.00 bits per heavy atom. The van der Waals surface area contributed by atoms with Crippen molar-refractivity contribution in [2.75, 3.05) is 0 Å². The minimum absolute atomic E-state index is 0.611. The molecule has 0 nitrogen and oxygen atoms in total. The predicted molar refractivity (Wildman–Crippen MR) is 22.5 cm³/mol. The van der Waals surface area contributed by atoms with Crippen LogP contribution in [0.2, 0.25) is 0 Å². The third-order valence-electron chi connectivity index (χ3n) is 0. The Balaban J connectivity index is 2.80. The minimum atomic E-state index is 0.611. The monoisotopic (exact) mass is 73.0 g/mol. The van der Waals surface area contributed by atoms with Gasteiger partial charge in [-0.3, -0.25) is 0 Å². The molecule has 0 unspecified atom stereocenters. The van der Waals surface area contributed by atoms with Crippen molar-refractivity contribution in [3.63, 3.8) is 0 Å². The molecule has 0 aliphatic rings. The van der Waals surface area contributed by atoms with E-state index >= 15 is 0 Å². The van der Waals surface area contributed by atoms with Gasteiger partial charge in [0.25, 0.3) is 0 Å². The molecule has 0 radical (unpaired) electrons. The van der Waals surface area contributed by atoms with Gasteiger partial charge in [-0.25, -0.2) is 0 Å². The van der Waals surface area contributed by atoms with E-state index in [1.54, 1.807) is 6.92 Å². The van der Waals surface area contributed by atoms with Crippen LogP contribution in [-0.4, -0.2) is 0 Å². The Bertz CT molecular complexity index is 26.3. The standard InChI is InChI=1S/C3H4S/c1-3(2)4/h1H,2H3/p+1. The summed E-state index contributed by atoms with van der Waals surface area (Å²) in [5.74, 6) is 0. The van der Waals surface area contributed by atoms with E-state index in [9.17, 15) is 0 Å².